The Morgan fingerprint density at radius 2 is 1.82 bits per heavy atom. The van der Waals surface area contributed by atoms with Crippen LogP contribution >= 0.6 is 11.6 Å². The molecule has 0 fully saturated rings. The van der Waals surface area contributed by atoms with Gasteiger partial charge in [0.2, 0.25) is 15.9 Å². The molecule has 9 heteroatoms. The lowest BCUT2D eigenvalue weighted by atomic mass is 10.3. The fourth-order valence-corrected chi connectivity index (χ4v) is 3.63. The summed E-state index contributed by atoms with van der Waals surface area (Å²) in [6, 6.07) is 13.1. The van der Waals surface area contributed by atoms with Gasteiger partial charge in [0, 0.05) is 25.0 Å². The van der Waals surface area contributed by atoms with E-state index in [1.54, 1.807) is 50.6 Å². The first-order valence-electron chi connectivity index (χ1n) is 8.58. The normalized spacial score (nSPS) is 11.1. The number of likely N-dealkylation sites (N-methyl/N-ethyl adjacent to an activating group) is 1. The zero-order chi connectivity index (χ0) is 20.6. The van der Waals surface area contributed by atoms with Gasteiger partial charge in [0.15, 0.2) is 0 Å². The number of hydrogen-bond donors (Lipinski definition) is 1. The number of methoxy groups -OCH3 is 1. The number of carbonyl (C=O) groups is 1. The number of nitrogens with one attached hydrogen (secondary N) is 1. The maximum Gasteiger partial charge on any atom is 0.240 e. The molecule has 0 unspecified atom stereocenters. The van der Waals surface area contributed by atoms with E-state index >= 15 is 0 Å². The molecule has 0 aliphatic heterocycles. The number of sulfonamides is 1. The zero-order valence-corrected chi connectivity index (χ0v) is 17.3. The Labute approximate surface area is 170 Å². The quantitative estimate of drug-likeness (QED) is 0.631. The lowest BCUT2D eigenvalue weighted by Gasteiger charge is -2.18. The average molecular weight is 427 g/mol. The summed E-state index contributed by atoms with van der Waals surface area (Å²) in [5.41, 5.74) is 0. The van der Waals surface area contributed by atoms with Gasteiger partial charge in [0.25, 0.3) is 0 Å². The number of nitrogens with zero attached hydrogens (tertiary/aromatic N) is 1. The number of rotatable bonds is 10. The highest BCUT2D eigenvalue weighted by molar-refractivity contribution is 7.89. The molecule has 1 amide bonds. The Morgan fingerprint density at radius 3 is 2.46 bits per heavy atom. The minimum Gasteiger partial charge on any atom is -0.497 e. The molecular weight excluding hydrogens is 404 g/mol. The molecule has 0 radical (unpaired) electrons. The molecular formula is C19H23ClN2O5S. The standard InChI is InChI=1S/C19H23ClN2O5S/c1-22(12-13-27-17-8-6-16(26-2)7-9-17)19(23)10-11-21-28(24,25)18-5-3-4-15(20)14-18/h3-9,14,21H,10-13H2,1-2H3. The van der Waals surface area contributed by atoms with Gasteiger partial charge in [-0.3, -0.25) is 4.79 Å². The van der Waals surface area contributed by atoms with E-state index in [-0.39, 0.29) is 23.8 Å². The zero-order valence-electron chi connectivity index (χ0n) is 15.7. The average Bonchev–Trinajstić information content (AvgIpc) is 2.68. The van der Waals surface area contributed by atoms with Crippen molar-refractivity contribution in [3.8, 4) is 11.5 Å². The van der Waals surface area contributed by atoms with Crippen molar-refractivity contribution in [1.82, 2.24) is 9.62 Å². The van der Waals surface area contributed by atoms with E-state index in [2.05, 4.69) is 4.72 Å². The first-order valence-corrected chi connectivity index (χ1v) is 10.4. The van der Waals surface area contributed by atoms with E-state index in [1.807, 2.05) is 0 Å². The lowest BCUT2D eigenvalue weighted by molar-refractivity contribution is -0.130. The Balaban J connectivity index is 1.73. The Bertz CT molecular complexity index is 887. The van der Waals surface area contributed by atoms with Crippen LogP contribution in [0.2, 0.25) is 5.02 Å². The van der Waals surface area contributed by atoms with Crippen LogP contribution in [0.25, 0.3) is 0 Å². The van der Waals surface area contributed by atoms with Crippen molar-refractivity contribution in [2.24, 2.45) is 0 Å². The maximum absolute atomic E-state index is 12.2. The first kappa shape index (κ1) is 22.0. The number of hydrogen-bond acceptors (Lipinski definition) is 5. The molecule has 0 saturated carbocycles. The van der Waals surface area contributed by atoms with Crippen LogP contribution in [0.5, 0.6) is 11.5 Å². The van der Waals surface area contributed by atoms with Gasteiger partial charge in [-0.2, -0.15) is 0 Å². The van der Waals surface area contributed by atoms with Gasteiger partial charge in [-0.15, -0.1) is 0 Å². The summed E-state index contributed by atoms with van der Waals surface area (Å²) >= 11 is 5.81. The molecule has 0 aliphatic carbocycles. The second-order valence-corrected chi connectivity index (χ2v) is 8.15. The number of carbonyl (C=O) groups excluding carboxylic acids is 1. The van der Waals surface area contributed by atoms with E-state index in [9.17, 15) is 13.2 Å². The van der Waals surface area contributed by atoms with Gasteiger partial charge >= 0.3 is 0 Å². The van der Waals surface area contributed by atoms with Crippen LogP contribution in [-0.2, 0) is 14.8 Å². The minimum absolute atomic E-state index is 0.00262. The summed E-state index contributed by atoms with van der Waals surface area (Å²) in [5.74, 6) is 1.22. The fraction of sp³-hybridized carbons (Fsp3) is 0.316. The Morgan fingerprint density at radius 1 is 1.14 bits per heavy atom. The van der Waals surface area contributed by atoms with Crippen molar-refractivity contribution in [2.75, 3.05) is 33.9 Å². The highest BCUT2D eigenvalue weighted by atomic mass is 35.5. The minimum atomic E-state index is -3.70. The van der Waals surface area contributed by atoms with Crippen molar-refractivity contribution in [3.63, 3.8) is 0 Å². The topological polar surface area (TPSA) is 84.9 Å². The molecule has 0 saturated heterocycles. The van der Waals surface area contributed by atoms with Gasteiger partial charge in [-0.05, 0) is 42.5 Å². The third-order valence-electron chi connectivity index (χ3n) is 3.92. The molecule has 0 heterocycles. The molecule has 2 aromatic carbocycles. The molecule has 28 heavy (non-hydrogen) atoms. The van der Waals surface area contributed by atoms with Crippen molar-refractivity contribution in [2.45, 2.75) is 11.3 Å². The number of halogens is 1. The molecule has 152 valence electrons. The molecule has 0 bridgehead atoms. The molecule has 0 aromatic heterocycles. The second-order valence-electron chi connectivity index (χ2n) is 5.94. The molecule has 0 spiro atoms. The van der Waals surface area contributed by atoms with Crippen molar-refractivity contribution < 1.29 is 22.7 Å². The van der Waals surface area contributed by atoms with Crippen LogP contribution in [0.4, 0.5) is 0 Å². The van der Waals surface area contributed by atoms with Gasteiger partial charge < -0.3 is 14.4 Å². The maximum atomic E-state index is 12.2. The Hall–Kier alpha value is -2.29. The largest absolute Gasteiger partial charge is 0.497 e. The van der Waals surface area contributed by atoms with E-state index in [4.69, 9.17) is 21.1 Å². The van der Waals surface area contributed by atoms with E-state index in [1.165, 1.54) is 17.0 Å². The smallest absolute Gasteiger partial charge is 0.240 e. The lowest BCUT2D eigenvalue weighted by Crippen LogP contribution is -2.34. The summed E-state index contributed by atoms with van der Waals surface area (Å²) in [5, 5.41) is 0.329. The van der Waals surface area contributed by atoms with Crippen LogP contribution in [0.1, 0.15) is 6.42 Å². The Kier molecular flexibility index (Phi) is 8.10. The van der Waals surface area contributed by atoms with E-state index in [0.29, 0.717) is 23.9 Å². The summed E-state index contributed by atoms with van der Waals surface area (Å²) in [6.07, 6.45) is 0.0405. The molecule has 0 aliphatic rings. The highest BCUT2D eigenvalue weighted by Crippen LogP contribution is 2.17. The van der Waals surface area contributed by atoms with Gasteiger partial charge in [0.05, 0.1) is 18.6 Å². The number of benzene rings is 2. The third-order valence-corrected chi connectivity index (χ3v) is 5.61. The van der Waals surface area contributed by atoms with Crippen LogP contribution in [0, 0.1) is 0 Å². The van der Waals surface area contributed by atoms with E-state index < -0.39 is 10.0 Å². The van der Waals surface area contributed by atoms with E-state index in [0.717, 1.165) is 5.75 Å². The predicted molar refractivity (Wildman–Crippen MR) is 107 cm³/mol. The predicted octanol–water partition coefficient (Wildman–Crippen LogP) is 2.55. The highest BCUT2D eigenvalue weighted by Gasteiger charge is 2.15. The second kappa shape index (κ2) is 10.3. The summed E-state index contributed by atoms with van der Waals surface area (Å²) < 4.78 is 37.4. The summed E-state index contributed by atoms with van der Waals surface area (Å²) in [4.78, 5) is 13.7. The van der Waals surface area contributed by atoms with Crippen LogP contribution < -0.4 is 14.2 Å². The molecule has 1 N–H and O–H groups in total. The SMILES string of the molecule is COc1ccc(OCCN(C)C(=O)CCNS(=O)(=O)c2cccc(Cl)c2)cc1. The number of ether oxygens (including phenoxy) is 2. The van der Waals surface area contributed by atoms with Crippen molar-refractivity contribution in [1.29, 1.82) is 0 Å². The van der Waals surface area contributed by atoms with Crippen molar-refractivity contribution in [3.05, 3.63) is 53.6 Å². The van der Waals surface area contributed by atoms with Crippen LogP contribution in [-0.4, -0.2) is 53.1 Å². The van der Waals surface area contributed by atoms with Crippen LogP contribution in [0.15, 0.2) is 53.4 Å². The molecule has 0 atom stereocenters. The summed E-state index contributed by atoms with van der Waals surface area (Å²) in [6.45, 7) is 0.700. The molecule has 7 nitrogen and oxygen atoms in total. The summed E-state index contributed by atoms with van der Waals surface area (Å²) in [7, 11) is -0.470. The number of amides is 1. The van der Waals surface area contributed by atoms with Crippen molar-refractivity contribution >= 4 is 27.5 Å². The van der Waals surface area contributed by atoms with Crippen LogP contribution in [0.3, 0.4) is 0 Å². The van der Waals surface area contributed by atoms with Gasteiger partial charge in [-0.25, -0.2) is 13.1 Å². The monoisotopic (exact) mass is 426 g/mol. The first-order chi connectivity index (χ1) is 13.3. The molecule has 2 rings (SSSR count). The third kappa shape index (κ3) is 6.70. The van der Waals surface area contributed by atoms with Gasteiger partial charge in [0.1, 0.15) is 18.1 Å². The fourth-order valence-electron chi connectivity index (χ4n) is 2.30. The molecule has 2 aromatic rings. The van der Waals surface area contributed by atoms with Gasteiger partial charge in [-0.1, -0.05) is 17.7 Å².